The highest BCUT2D eigenvalue weighted by molar-refractivity contribution is 9.10. The van der Waals surface area contributed by atoms with Gasteiger partial charge in [0.1, 0.15) is 0 Å². The van der Waals surface area contributed by atoms with Crippen LogP contribution in [0.25, 0.3) is 0 Å². The van der Waals surface area contributed by atoms with E-state index in [1.807, 2.05) is 0 Å². The molecule has 0 aliphatic heterocycles. The number of ether oxygens (including phenoxy) is 1. The SMILES string of the molecule is CC(C)COCCNC(=O)c1ccc(N)c(Br)c1. The molecule has 1 aromatic carbocycles. The lowest BCUT2D eigenvalue weighted by Gasteiger charge is -2.08. The highest BCUT2D eigenvalue weighted by atomic mass is 79.9. The predicted molar refractivity (Wildman–Crippen MR) is 76.5 cm³/mol. The summed E-state index contributed by atoms with van der Waals surface area (Å²) in [6.45, 7) is 5.92. The van der Waals surface area contributed by atoms with Crippen molar-refractivity contribution in [2.24, 2.45) is 5.92 Å². The number of nitrogens with one attached hydrogen (secondary N) is 1. The van der Waals surface area contributed by atoms with Crippen LogP contribution in [-0.4, -0.2) is 25.7 Å². The molecular formula is C13H19BrN2O2. The van der Waals surface area contributed by atoms with Crippen LogP contribution < -0.4 is 11.1 Å². The Balaban J connectivity index is 2.34. The fourth-order valence-electron chi connectivity index (χ4n) is 1.33. The quantitative estimate of drug-likeness (QED) is 0.626. The fourth-order valence-corrected chi connectivity index (χ4v) is 1.70. The van der Waals surface area contributed by atoms with Gasteiger partial charge < -0.3 is 15.8 Å². The van der Waals surface area contributed by atoms with E-state index in [0.717, 1.165) is 4.47 Å². The second-order valence-corrected chi connectivity index (χ2v) is 5.32. The summed E-state index contributed by atoms with van der Waals surface area (Å²) in [6.07, 6.45) is 0. The molecule has 0 unspecified atom stereocenters. The maximum Gasteiger partial charge on any atom is 0.251 e. The molecule has 1 aromatic rings. The van der Waals surface area contributed by atoms with Crippen molar-refractivity contribution in [3.63, 3.8) is 0 Å². The van der Waals surface area contributed by atoms with Gasteiger partial charge in [0.05, 0.1) is 6.61 Å². The third-order valence-electron chi connectivity index (χ3n) is 2.25. The van der Waals surface area contributed by atoms with Gasteiger partial charge in [-0.3, -0.25) is 4.79 Å². The van der Waals surface area contributed by atoms with E-state index in [4.69, 9.17) is 10.5 Å². The monoisotopic (exact) mass is 314 g/mol. The van der Waals surface area contributed by atoms with Crippen LogP contribution in [0.2, 0.25) is 0 Å². The molecule has 0 radical (unpaired) electrons. The molecular weight excluding hydrogens is 296 g/mol. The molecule has 3 N–H and O–H groups in total. The first kappa shape index (κ1) is 15.0. The van der Waals surface area contributed by atoms with E-state index in [0.29, 0.717) is 36.9 Å². The molecule has 0 fully saturated rings. The summed E-state index contributed by atoms with van der Waals surface area (Å²) >= 11 is 3.29. The van der Waals surface area contributed by atoms with Crippen molar-refractivity contribution in [3.8, 4) is 0 Å². The first-order chi connectivity index (χ1) is 8.50. The molecule has 4 nitrogen and oxygen atoms in total. The first-order valence-corrected chi connectivity index (χ1v) is 6.71. The second kappa shape index (κ2) is 7.38. The number of hydrogen-bond donors (Lipinski definition) is 2. The first-order valence-electron chi connectivity index (χ1n) is 5.91. The van der Waals surface area contributed by atoms with Gasteiger partial charge in [-0.15, -0.1) is 0 Å². The number of carbonyl (C=O) groups excluding carboxylic acids is 1. The summed E-state index contributed by atoms with van der Waals surface area (Å²) in [5, 5.41) is 2.79. The number of rotatable bonds is 6. The molecule has 0 saturated heterocycles. The third kappa shape index (κ3) is 5.06. The maximum absolute atomic E-state index is 11.8. The molecule has 5 heteroatoms. The molecule has 18 heavy (non-hydrogen) atoms. The Hall–Kier alpha value is -1.07. The van der Waals surface area contributed by atoms with E-state index in [2.05, 4.69) is 35.1 Å². The number of halogens is 1. The highest BCUT2D eigenvalue weighted by Crippen LogP contribution is 2.20. The van der Waals surface area contributed by atoms with Gasteiger partial charge in [-0.05, 0) is 40.0 Å². The zero-order valence-corrected chi connectivity index (χ0v) is 12.3. The molecule has 1 rings (SSSR count). The van der Waals surface area contributed by atoms with Crippen molar-refractivity contribution >= 4 is 27.5 Å². The number of nitrogen functional groups attached to an aromatic ring is 1. The smallest absolute Gasteiger partial charge is 0.251 e. The van der Waals surface area contributed by atoms with Crippen molar-refractivity contribution in [3.05, 3.63) is 28.2 Å². The number of amides is 1. The van der Waals surface area contributed by atoms with Crippen LogP contribution in [0.4, 0.5) is 5.69 Å². The minimum atomic E-state index is -0.121. The Morgan fingerprint density at radius 3 is 2.83 bits per heavy atom. The van der Waals surface area contributed by atoms with Crippen LogP contribution in [0, 0.1) is 5.92 Å². The van der Waals surface area contributed by atoms with E-state index < -0.39 is 0 Å². The Morgan fingerprint density at radius 1 is 1.50 bits per heavy atom. The minimum absolute atomic E-state index is 0.121. The lowest BCUT2D eigenvalue weighted by atomic mass is 10.2. The van der Waals surface area contributed by atoms with E-state index in [9.17, 15) is 4.79 Å². The topological polar surface area (TPSA) is 64.3 Å². The average molecular weight is 315 g/mol. The van der Waals surface area contributed by atoms with Gasteiger partial charge in [-0.2, -0.15) is 0 Å². The zero-order chi connectivity index (χ0) is 13.5. The van der Waals surface area contributed by atoms with Gasteiger partial charge in [0, 0.05) is 28.9 Å². The Bertz CT molecular complexity index is 408. The molecule has 0 saturated carbocycles. The largest absolute Gasteiger partial charge is 0.398 e. The molecule has 0 atom stereocenters. The molecule has 100 valence electrons. The molecule has 0 aliphatic rings. The molecule has 1 amide bonds. The summed E-state index contributed by atoms with van der Waals surface area (Å²) in [5.41, 5.74) is 6.86. The van der Waals surface area contributed by atoms with Crippen molar-refractivity contribution < 1.29 is 9.53 Å². The van der Waals surface area contributed by atoms with Crippen LogP contribution in [0.15, 0.2) is 22.7 Å². The average Bonchev–Trinajstić information content (AvgIpc) is 2.31. The predicted octanol–water partition coefficient (Wildman–Crippen LogP) is 2.43. The van der Waals surface area contributed by atoms with E-state index >= 15 is 0 Å². The van der Waals surface area contributed by atoms with E-state index in [1.165, 1.54) is 0 Å². The van der Waals surface area contributed by atoms with Gasteiger partial charge in [-0.25, -0.2) is 0 Å². The van der Waals surface area contributed by atoms with Crippen molar-refractivity contribution in [1.29, 1.82) is 0 Å². The Kier molecular flexibility index (Phi) is 6.15. The molecule has 0 spiro atoms. The summed E-state index contributed by atoms with van der Waals surface area (Å²) < 4.78 is 6.11. The fraction of sp³-hybridized carbons (Fsp3) is 0.462. The Morgan fingerprint density at radius 2 is 2.22 bits per heavy atom. The number of benzene rings is 1. The maximum atomic E-state index is 11.8. The number of hydrogen-bond acceptors (Lipinski definition) is 3. The summed E-state index contributed by atoms with van der Waals surface area (Å²) in [5.74, 6) is 0.387. The van der Waals surface area contributed by atoms with Crippen LogP contribution in [0.3, 0.4) is 0 Å². The minimum Gasteiger partial charge on any atom is -0.398 e. The van der Waals surface area contributed by atoms with Crippen molar-refractivity contribution in [2.45, 2.75) is 13.8 Å². The van der Waals surface area contributed by atoms with Gasteiger partial charge >= 0.3 is 0 Å². The molecule has 0 aliphatic carbocycles. The van der Waals surface area contributed by atoms with Gasteiger partial charge in [0.25, 0.3) is 5.91 Å². The third-order valence-corrected chi connectivity index (χ3v) is 2.93. The van der Waals surface area contributed by atoms with Crippen molar-refractivity contribution in [2.75, 3.05) is 25.5 Å². The molecule has 0 aromatic heterocycles. The standard InChI is InChI=1S/C13H19BrN2O2/c1-9(2)8-18-6-5-16-13(17)10-3-4-12(15)11(14)7-10/h3-4,7,9H,5-6,8,15H2,1-2H3,(H,16,17). The van der Waals surface area contributed by atoms with Crippen LogP contribution >= 0.6 is 15.9 Å². The van der Waals surface area contributed by atoms with Crippen LogP contribution in [0.5, 0.6) is 0 Å². The van der Waals surface area contributed by atoms with Crippen LogP contribution in [0.1, 0.15) is 24.2 Å². The lowest BCUT2D eigenvalue weighted by Crippen LogP contribution is -2.27. The molecule has 0 bridgehead atoms. The molecule has 0 heterocycles. The van der Waals surface area contributed by atoms with Gasteiger partial charge in [-0.1, -0.05) is 13.8 Å². The van der Waals surface area contributed by atoms with Crippen LogP contribution in [-0.2, 0) is 4.74 Å². The lowest BCUT2D eigenvalue weighted by molar-refractivity contribution is 0.0886. The number of carbonyl (C=O) groups is 1. The highest BCUT2D eigenvalue weighted by Gasteiger charge is 2.06. The van der Waals surface area contributed by atoms with Crippen molar-refractivity contribution in [1.82, 2.24) is 5.32 Å². The summed E-state index contributed by atoms with van der Waals surface area (Å²) in [7, 11) is 0. The zero-order valence-electron chi connectivity index (χ0n) is 10.7. The van der Waals surface area contributed by atoms with E-state index in [-0.39, 0.29) is 5.91 Å². The van der Waals surface area contributed by atoms with Gasteiger partial charge in [0.15, 0.2) is 0 Å². The summed E-state index contributed by atoms with van der Waals surface area (Å²) in [4.78, 5) is 11.8. The normalized spacial score (nSPS) is 10.7. The van der Waals surface area contributed by atoms with Gasteiger partial charge in [0.2, 0.25) is 0 Å². The Labute approximate surface area is 116 Å². The van der Waals surface area contributed by atoms with E-state index in [1.54, 1.807) is 18.2 Å². The number of nitrogens with two attached hydrogens (primary N) is 1. The number of anilines is 1. The second-order valence-electron chi connectivity index (χ2n) is 4.46. The summed E-state index contributed by atoms with van der Waals surface area (Å²) in [6, 6.07) is 5.11.